The van der Waals surface area contributed by atoms with Crippen LogP contribution in [0.3, 0.4) is 0 Å². The van der Waals surface area contributed by atoms with Crippen LogP contribution in [0.5, 0.6) is 0 Å². The second kappa shape index (κ2) is 4.42. The third-order valence-electron chi connectivity index (χ3n) is 4.59. The molecular weight excluding hydrogens is 186 g/mol. The van der Waals surface area contributed by atoms with E-state index in [0.29, 0.717) is 5.41 Å². The standard InChI is InChI=1S/C13H25NO/c1-11-4-5-12(10-13(11,2)3)14-6-8-15-9-7-14/h11-12H,4-10H2,1-3H3/t11?,12-/m1/s1. The van der Waals surface area contributed by atoms with Gasteiger partial charge in [0.05, 0.1) is 13.2 Å². The monoisotopic (exact) mass is 211 g/mol. The van der Waals surface area contributed by atoms with Crippen LogP contribution >= 0.6 is 0 Å². The third kappa shape index (κ3) is 2.54. The van der Waals surface area contributed by atoms with Gasteiger partial charge in [0.15, 0.2) is 0 Å². The Morgan fingerprint density at radius 1 is 1.13 bits per heavy atom. The van der Waals surface area contributed by atoms with Crippen LogP contribution < -0.4 is 0 Å². The fraction of sp³-hybridized carbons (Fsp3) is 1.00. The minimum Gasteiger partial charge on any atom is -0.379 e. The van der Waals surface area contributed by atoms with E-state index in [9.17, 15) is 0 Å². The quantitative estimate of drug-likeness (QED) is 0.661. The molecule has 0 spiro atoms. The fourth-order valence-electron chi connectivity index (χ4n) is 3.00. The second-order valence-corrected chi connectivity index (χ2v) is 5.97. The number of morpholine rings is 1. The predicted octanol–water partition coefficient (Wildman–Crippen LogP) is 2.53. The molecule has 1 saturated heterocycles. The van der Waals surface area contributed by atoms with Gasteiger partial charge in [-0.25, -0.2) is 0 Å². The van der Waals surface area contributed by atoms with Crippen molar-refractivity contribution in [3.05, 3.63) is 0 Å². The lowest BCUT2D eigenvalue weighted by Gasteiger charge is -2.46. The Morgan fingerprint density at radius 2 is 1.80 bits per heavy atom. The van der Waals surface area contributed by atoms with E-state index in [1.54, 1.807) is 0 Å². The van der Waals surface area contributed by atoms with Crippen LogP contribution in [0.15, 0.2) is 0 Å². The lowest BCUT2D eigenvalue weighted by molar-refractivity contribution is -0.0161. The molecule has 2 heteroatoms. The molecule has 0 amide bonds. The van der Waals surface area contributed by atoms with Crippen molar-refractivity contribution in [2.24, 2.45) is 11.3 Å². The van der Waals surface area contributed by atoms with Gasteiger partial charge in [0.2, 0.25) is 0 Å². The molecule has 0 bridgehead atoms. The molecule has 0 aromatic heterocycles. The van der Waals surface area contributed by atoms with Gasteiger partial charge in [-0.05, 0) is 30.6 Å². The molecule has 0 N–H and O–H groups in total. The summed E-state index contributed by atoms with van der Waals surface area (Å²) in [6.07, 6.45) is 4.16. The van der Waals surface area contributed by atoms with Crippen molar-refractivity contribution in [1.29, 1.82) is 0 Å². The zero-order valence-electron chi connectivity index (χ0n) is 10.5. The van der Waals surface area contributed by atoms with Crippen LogP contribution in [0, 0.1) is 11.3 Å². The highest BCUT2D eigenvalue weighted by Gasteiger charge is 2.36. The van der Waals surface area contributed by atoms with E-state index in [4.69, 9.17) is 4.74 Å². The van der Waals surface area contributed by atoms with Gasteiger partial charge in [-0.15, -0.1) is 0 Å². The Kier molecular flexibility index (Phi) is 3.36. The van der Waals surface area contributed by atoms with E-state index in [2.05, 4.69) is 25.7 Å². The summed E-state index contributed by atoms with van der Waals surface area (Å²) in [5.74, 6) is 0.884. The molecule has 1 saturated carbocycles. The van der Waals surface area contributed by atoms with Gasteiger partial charge in [-0.1, -0.05) is 20.8 Å². The molecule has 2 fully saturated rings. The maximum absolute atomic E-state index is 5.42. The van der Waals surface area contributed by atoms with Crippen LogP contribution in [-0.2, 0) is 4.74 Å². The maximum Gasteiger partial charge on any atom is 0.0594 e. The van der Waals surface area contributed by atoms with Crippen LogP contribution in [0.2, 0.25) is 0 Å². The summed E-state index contributed by atoms with van der Waals surface area (Å²) in [5, 5.41) is 0. The predicted molar refractivity (Wildman–Crippen MR) is 63.0 cm³/mol. The van der Waals surface area contributed by atoms with Gasteiger partial charge < -0.3 is 4.74 Å². The Balaban J connectivity index is 1.93. The van der Waals surface area contributed by atoms with Crippen LogP contribution in [0.4, 0.5) is 0 Å². The van der Waals surface area contributed by atoms with E-state index in [1.165, 1.54) is 19.3 Å². The van der Waals surface area contributed by atoms with Crippen molar-refractivity contribution in [3.63, 3.8) is 0 Å². The first-order valence-electron chi connectivity index (χ1n) is 6.41. The molecule has 88 valence electrons. The first-order valence-corrected chi connectivity index (χ1v) is 6.41. The molecule has 15 heavy (non-hydrogen) atoms. The highest BCUT2D eigenvalue weighted by Crippen LogP contribution is 2.41. The summed E-state index contributed by atoms with van der Waals surface area (Å²) in [4.78, 5) is 2.65. The molecule has 1 unspecified atom stereocenters. The summed E-state index contributed by atoms with van der Waals surface area (Å²) in [7, 11) is 0. The lowest BCUT2D eigenvalue weighted by Crippen LogP contribution is -2.48. The Hall–Kier alpha value is -0.0800. The van der Waals surface area contributed by atoms with E-state index >= 15 is 0 Å². The Labute approximate surface area is 94.0 Å². The van der Waals surface area contributed by atoms with Crippen LogP contribution in [-0.4, -0.2) is 37.2 Å². The average Bonchev–Trinajstić information content (AvgIpc) is 2.23. The van der Waals surface area contributed by atoms with Gasteiger partial charge in [-0.3, -0.25) is 4.90 Å². The average molecular weight is 211 g/mol. The zero-order chi connectivity index (χ0) is 10.9. The lowest BCUT2D eigenvalue weighted by atomic mass is 9.67. The van der Waals surface area contributed by atoms with Crippen LogP contribution in [0.1, 0.15) is 40.0 Å². The maximum atomic E-state index is 5.42. The highest BCUT2D eigenvalue weighted by atomic mass is 16.5. The second-order valence-electron chi connectivity index (χ2n) is 5.97. The Bertz CT molecular complexity index is 209. The highest BCUT2D eigenvalue weighted by molar-refractivity contribution is 4.89. The number of hydrogen-bond acceptors (Lipinski definition) is 2. The van der Waals surface area contributed by atoms with Crippen molar-refractivity contribution in [1.82, 2.24) is 4.90 Å². The number of rotatable bonds is 1. The molecular formula is C13H25NO. The van der Waals surface area contributed by atoms with E-state index in [-0.39, 0.29) is 0 Å². The summed E-state index contributed by atoms with van der Waals surface area (Å²) in [6.45, 7) is 11.5. The third-order valence-corrected chi connectivity index (χ3v) is 4.59. The van der Waals surface area contributed by atoms with Crippen molar-refractivity contribution in [2.45, 2.75) is 46.1 Å². The van der Waals surface area contributed by atoms with Crippen molar-refractivity contribution in [3.8, 4) is 0 Å². The van der Waals surface area contributed by atoms with Gasteiger partial charge in [0, 0.05) is 19.1 Å². The molecule has 2 atom stereocenters. The van der Waals surface area contributed by atoms with Crippen molar-refractivity contribution < 1.29 is 4.74 Å². The molecule has 0 radical (unpaired) electrons. The zero-order valence-corrected chi connectivity index (χ0v) is 10.5. The molecule has 1 aliphatic carbocycles. The van der Waals surface area contributed by atoms with E-state index in [0.717, 1.165) is 38.3 Å². The molecule has 0 aromatic carbocycles. The van der Waals surface area contributed by atoms with E-state index < -0.39 is 0 Å². The van der Waals surface area contributed by atoms with Crippen LogP contribution in [0.25, 0.3) is 0 Å². The minimum absolute atomic E-state index is 0.529. The SMILES string of the molecule is CC1CC[C@@H](N2CCOCC2)CC1(C)C. The normalized spacial score (nSPS) is 37.8. The minimum atomic E-state index is 0.529. The smallest absolute Gasteiger partial charge is 0.0594 e. The summed E-state index contributed by atoms with van der Waals surface area (Å²) < 4.78 is 5.42. The topological polar surface area (TPSA) is 12.5 Å². The first-order chi connectivity index (χ1) is 7.09. The fourth-order valence-corrected chi connectivity index (χ4v) is 3.00. The number of ether oxygens (including phenoxy) is 1. The summed E-state index contributed by atoms with van der Waals surface area (Å²) >= 11 is 0. The number of hydrogen-bond donors (Lipinski definition) is 0. The Morgan fingerprint density at radius 3 is 2.40 bits per heavy atom. The molecule has 0 aromatic rings. The van der Waals surface area contributed by atoms with Crippen molar-refractivity contribution in [2.75, 3.05) is 26.3 Å². The van der Waals surface area contributed by atoms with Crippen molar-refractivity contribution >= 4 is 0 Å². The summed E-state index contributed by atoms with van der Waals surface area (Å²) in [6, 6.07) is 0.820. The van der Waals surface area contributed by atoms with Gasteiger partial charge >= 0.3 is 0 Å². The summed E-state index contributed by atoms with van der Waals surface area (Å²) in [5.41, 5.74) is 0.529. The molecule has 1 aliphatic heterocycles. The van der Waals surface area contributed by atoms with Gasteiger partial charge in [0.1, 0.15) is 0 Å². The molecule has 2 nitrogen and oxygen atoms in total. The molecule has 1 heterocycles. The van der Waals surface area contributed by atoms with Gasteiger partial charge in [0.25, 0.3) is 0 Å². The molecule has 2 rings (SSSR count). The van der Waals surface area contributed by atoms with Gasteiger partial charge in [-0.2, -0.15) is 0 Å². The molecule has 2 aliphatic rings. The largest absolute Gasteiger partial charge is 0.379 e. The van der Waals surface area contributed by atoms with E-state index in [1.807, 2.05) is 0 Å². The first kappa shape index (κ1) is 11.4. The number of nitrogens with zero attached hydrogens (tertiary/aromatic N) is 1.